The second-order valence-corrected chi connectivity index (χ2v) is 3.15. The number of carboxylic acids is 1. The predicted octanol–water partition coefficient (Wildman–Crippen LogP) is 1.41. The summed E-state index contributed by atoms with van der Waals surface area (Å²) in [5, 5.41) is 7.42. The summed E-state index contributed by atoms with van der Waals surface area (Å²) >= 11 is 0. The van der Waals surface area contributed by atoms with Gasteiger partial charge in [-0.2, -0.15) is 0 Å². The number of hydrogen-bond donors (Lipinski definition) is 1. The number of rotatable bonds is 2. The molecule has 17 heavy (non-hydrogen) atoms. The van der Waals surface area contributed by atoms with Crippen molar-refractivity contribution >= 4 is 17.9 Å². The van der Waals surface area contributed by atoms with E-state index in [9.17, 15) is 9.59 Å². The van der Waals surface area contributed by atoms with Crippen LogP contribution >= 0.6 is 0 Å². The molecule has 5 heteroatoms. The topological polar surface area (TPSA) is 80.7 Å². The Hall–Kier alpha value is -2.17. The lowest BCUT2D eigenvalue weighted by Gasteiger charge is -1.99. The quantitative estimate of drug-likeness (QED) is 0.622. The van der Waals surface area contributed by atoms with Crippen molar-refractivity contribution in [1.29, 1.82) is 0 Å². The normalized spacial score (nSPS) is 8.59. The molecule has 0 saturated heterocycles. The lowest BCUT2D eigenvalue weighted by molar-refractivity contribution is -0.157. The van der Waals surface area contributed by atoms with Crippen molar-refractivity contribution in [2.75, 3.05) is 0 Å². The van der Waals surface area contributed by atoms with E-state index in [1.165, 1.54) is 6.92 Å². The van der Waals surface area contributed by atoms with Crippen LogP contribution in [0, 0.1) is 0 Å². The van der Waals surface area contributed by atoms with Gasteiger partial charge in [0.15, 0.2) is 0 Å². The number of ether oxygens (including phenoxy) is 1. The molecule has 0 heterocycles. The van der Waals surface area contributed by atoms with E-state index in [1.54, 1.807) is 12.1 Å². The number of carbonyl (C=O) groups excluding carboxylic acids is 2. The monoisotopic (exact) mass is 238 g/mol. The highest BCUT2D eigenvalue weighted by atomic mass is 16.6. The first-order chi connectivity index (χ1) is 7.91. The van der Waals surface area contributed by atoms with Gasteiger partial charge in [0.25, 0.3) is 5.97 Å². The molecule has 1 aromatic carbocycles. The van der Waals surface area contributed by atoms with Crippen molar-refractivity contribution in [1.82, 2.24) is 0 Å². The van der Waals surface area contributed by atoms with E-state index >= 15 is 0 Å². The summed E-state index contributed by atoms with van der Waals surface area (Å²) < 4.78 is 4.38. The van der Waals surface area contributed by atoms with Gasteiger partial charge in [-0.25, -0.2) is 0 Å². The van der Waals surface area contributed by atoms with Gasteiger partial charge in [0.1, 0.15) is 0 Å². The fourth-order valence-corrected chi connectivity index (χ4v) is 0.959. The van der Waals surface area contributed by atoms with Crippen molar-refractivity contribution in [2.45, 2.75) is 20.3 Å². The Morgan fingerprint density at radius 3 is 2.00 bits per heavy atom. The largest absolute Gasteiger partial charge is 0.481 e. The number of carbonyl (C=O) groups is 3. The Balaban J connectivity index is 0.000000557. The maximum Gasteiger partial charge on any atom is 0.317 e. The summed E-state index contributed by atoms with van der Waals surface area (Å²) in [6.07, 6.45) is 0.139. The standard InChI is InChI=1S/C10H10O3.C2H4O2/c1-8(11)13-10(12)7-9-5-3-2-4-6-9;1-2(3)4/h2-6H,7H2,1H3;1H3,(H,3,4). The molecule has 1 N–H and O–H groups in total. The molecule has 0 aromatic heterocycles. The SMILES string of the molecule is CC(=O)O.CC(=O)OC(=O)Cc1ccccc1. The minimum absolute atomic E-state index is 0.139. The van der Waals surface area contributed by atoms with Gasteiger partial charge in [-0.05, 0) is 5.56 Å². The Labute approximate surface area is 99.0 Å². The summed E-state index contributed by atoms with van der Waals surface area (Å²) in [7, 11) is 0. The molecule has 92 valence electrons. The summed E-state index contributed by atoms with van der Waals surface area (Å²) in [6, 6.07) is 9.13. The number of aliphatic carboxylic acids is 1. The molecule has 0 aliphatic carbocycles. The second kappa shape index (κ2) is 8.04. The van der Waals surface area contributed by atoms with Gasteiger partial charge in [-0.1, -0.05) is 30.3 Å². The molecule has 1 aromatic rings. The van der Waals surface area contributed by atoms with Gasteiger partial charge in [-0.15, -0.1) is 0 Å². The highest BCUT2D eigenvalue weighted by molar-refractivity contribution is 5.85. The number of carboxylic acid groups (broad SMARTS) is 1. The molecule has 5 nitrogen and oxygen atoms in total. The third-order valence-electron chi connectivity index (χ3n) is 1.45. The van der Waals surface area contributed by atoms with Crippen molar-refractivity contribution in [3.63, 3.8) is 0 Å². The first kappa shape index (κ1) is 14.8. The molecule has 0 radical (unpaired) electrons. The predicted molar refractivity (Wildman–Crippen MR) is 60.2 cm³/mol. The van der Waals surface area contributed by atoms with E-state index in [1.807, 2.05) is 18.2 Å². The molecule has 0 amide bonds. The zero-order chi connectivity index (χ0) is 13.3. The van der Waals surface area contributed by atoms with E-state index < -0.39 is 17.9 Å². The van der Waals surface area contributed by atoms with Gasteiger partial charge in [0.2, 0.25) is 0 Å². The molecule has 0 spiro atoms. The Morgan fingerprint density at radius 2 is 1.59 bits per heavy atom. The third-order valence-corrected chi connectivity index (χ3v) is 1.45. The maximum atomic E-state index is 11.0. The molecule has 1 rings (SSSR count). The van der Waals surface area contributed by atoms with Gasteiger partial charge >= 0.3 is 11.9 Å². The van der Waals surface area contributed by atoms with E-state index in [4.69, 9.17) is 9.90 Å². The van der Waals surface area contributed by atoms with E-state index in [2.05, 4.69) is 4.74 Å². The minimum atomic E-state index is -0.833. The van der Waals surface area contributed by atoms with Gasteiger partial charge < -0.3 is 9.84 Å². The van der Waals surface area contributed by atoms with Crippen LogP contribution in [0.1, 0.15) is 19.4 Å². The van der Waals surface area contributed by atoms with Crippen molar-refractivity contribution in [3.05, 3.63) is 35.9 Å². The lowest BCUT2D eigenvalue weighted by atomic mass is 10.2. The van der Waals surface area contributed by atoms with Gasteiger partial charge in [-0.3, -0.25) is 14.4 Å². The van der Waals surface area contributed by atoms with Crippen LogP contribution in [-0.2, 0) is 25.5 Å². The van der Waals surface area contributed by atoms with Crippen molar-refractivity contribution < 1.29 is 24.2 Å². The fraction of sp³-hybridized carbons (Fsp3) is 0.250. The first-order valence-corrected chi connectivity index (χ1v) is 4.86. The van der Waals surface area contributed by atoms with Crippen LogP contribution in [0.2, 0.25) is 0 Å². The van der Waals surface area contributed by atoms with Gasteiger partial charge in [0, 0.05) is 13.8 Å². The molecule has 0 fully saturated rings. The van der Waals surface area contributed by atoms with Crippen molar-refractivity contribution in [3.8, 4) is 0 Å². The molecule has 0 aliphatic rings. The van der Waals surface area contributed by atoms with Crippen LogP contribution in [0.5, 0.6) is 0 Å². The van der Waals surface area contributed by atoms with Crippen molar-refractivity contribution in [2.24, 2.45) is 0 Å². The molecule has 0 aliphatic heterocycles. The first-order valence-electron chi connectivity index (χ1n) is 4.86. The molecule has 0 bridgehead atoms. The Morgan fingerprint density at radius 1 is 1.12 bits per heavy atom. The molecule has 0 saturated carbocycles. The molecule has 0 atom stereocenters. The Kier molecular flexibility index (Phi) is 7.01. The third kappa shape index (κ3) is 10.1. The van der Waals surface area contributed by atoms with Crippen LogP contribution in [0.3, 0.4) is 0 Å². The van der Waals surface area contributed by atoms with Crippen LogP contribution < -0.4 is 0 Å². The summed E-state index contributed by atoms with van der Waals surface area (Å²) in [5.41, 5.74) is 0.841. The number of benzene rings is 1. The second-order valence-electron chi connectivity index (χ2n) is 3.15. The highest BCUT2D eigenvalue weighted by Crippen LogP contribution is 2.00. The van der Waals surface area contributed by atoms with Crippen LogP contribution in [0.4, 0.5) is 0 Å². The molecular formula is C12H14O5. The van der Waals surface area contributed by atoms with Gasteiger partial charge in [0.05, 0.1) is 6.42 Å². The average molecular weight is 238 g/mol. The smallest absolute Gasteiger partial charge is 0.317 e. The van der Waals surface area contributed by atoms with Crippen LogP contribution in [-0.4, -0.2) is 23.0 Å². The van der Waals surface area contributed by atoms with Crippen LogP contribution in [0.15, 0.2) is 30.3 Å². The zero-order valence-electron chi connectivity index (χ0n) is 9.67. The molecule has 0 unspecified atom stereocenters. The van der Waals surface area contributed by atoms with E-state index in [0.29, 0.717) is 0 Å². The zero-order valence-corrected chi connectivity index (χ0v) is 9.67. The fourth-order valence-electron chi connectivity index (χ4n) is 0.959. The van der Waals surface area contributed by atoms with Crippen LogP contribution in [0.25, 0.3) is 0 Å². The molecular weight excluding hydrogens is 224 g/mol. The lowest BCUT2D eigenvalue weighted by Crippen LogP contribution is -2.11. The summed E-state index contributed by atoms with van der Waals surface area (Å²) in [6.45, 7) is 2.29. The summed E-state index contributed by atoms with van der Waals surface area (Å²) in [5.74, 6) is -1.92. The maximum absolute atomic E-state index is 11.0. The minimum Gasteiger partial charge on any atom is -0.481 e. The number of hydrogen-bond acceptors (Lipinski definition) is 4. The summed E-state index contributed by atoms with van der Waals surface area (Å²) in [4.78, 5) is 30.4. The van der Waals surface area contributed by atoms with E-state index in [0.717, 1.165) is 12.5 Å². The number of esters is 2. The van der Waals surface area contributed by atoms with E-state index in [-0.39, 0.29) is 6.42 Å². The average Bonchev–Trinajstić information content (AvgIpc) is 2.16. The Bertz CT molecular complexity index is 379. The highest BCUT2D eigenvalue weighted by Gasteiger charge is 2.06.